The first kappa shape index (κ1) is 24.2. The molecule has 1 fully saturated rings. The van der Waals surface area contributed by atoms with E-state index in [2.05, 4.69) is 22.6 Å². The van der Waals surface area contributed by atoms with Crippen LogP contribution in [0.25, 0.3) is 0 Å². The molecule has 2 heterocycles. The molecule has 0 saturated carbocycles. The average molecular weight is 482 g/mol. The number of amides is 1. The predicted octanol–water partition coefficient (Wildman–Crippen LogP) is 4.51. The van der Waals surface area contributed by atoms with Crippen molar-refractivity contribution in [2.24, 2.45) is 5.92 Å². The van der Waals surface area contributed by atoms with Crippen LogP contribution < -0.4 is 5.32 Å². The molecule has 1 N–H and O–H groups in total. The van der Waals surface area contributed by atoms with E-state index in [4.69, 9.17) is 4.52 Å². The van der Waals surface area contributed by atoms with E-state index in [9.17, 15) is 13.2 Å². The number of benzene rings is 2. The lowest BCUT2D eigenvalue weighted by Crippen LogP contribution is -2.38. The monoisotopic (exact) mass is 481 g/mol. The first-order valence-corrected chi connectivity index (χ1v) is 13.1. The van der Waals surface area contributed by atoms with Gasteiger partial charge in [-0.1, -0.05) is 35.5 Å². The first-order valence-electron chi connectivity index (χ1n) is 11.7. The molecule has 0 radical (unpaired) electrons. The molecule has 0 aliphatic carbocycles. The number of aromatic nitrogens is 1. The zero-order valence-electron chi connectivity index (χ0n) is 19.7. The maximum atomic E-state index is 13.1. The molecule has 1 aliphatic rings. The number of rotatable bonds is 8. The molecule has 3 aromatic rings. The van der Waals surface area contributed by atoms with Crippen LogP contribution in [0.2, 0.25) is 0 Å². The zero-order valence-corrected chi connectivity index (χ0v) is 20.5. The van der Waals surface area contributed by atoms with Crippen molar-refractivity contribution in [2.45, 2.75) is 50.8 Å². The molecule has 0 atom stereocenters. The van der Waals surface area contributed by atoms with Gasteiger partial charge in [-0.15, -0.1) is 0 Å². The molecule has 1 aliphatic heterocycles. The van der Waals surface area contributed by atoms with Crippen molar-refractivity contribution in [1.29, 1.82) is 0 Å². The maximum absolute atomic E-state index is 13.1. The fourth-order valence-electron chi connectivity index (χ4n) is 4.48. The van der Waals surface area contributed by atoms with Gasteiger partial charge in [-0.05, 0) is 75.3 Å². The van der Waals surface area contributed by atoms with Crippen LogP contribution in [0.3, 0.4) is 0 Å². The minimum atomic E-state index is -3.55. The minimum absolute atomic E-state index is 0.143. The maximum Gasteiger partial charge on any atom is 0.243 e. The van der Waals surface area contributed by atoms with Gasteiger partial charge < -0.3 is 9.84 Å². The Balaban J connectivity index is 1.30. The third-order valence-corrected chi connectivity index (χ3v) is 8.41. The Morgan fingerprint density at radius 2 is 1.74 bits per heavy atom. The summed E-state index contributed by atoms with van der Waals surface area (Å²) in [5.41, 5.74) is 3.62. The third-order valence-electron chi connectivity index (χ3n) is 6.50. The molecular formula is C26H31N3O4S. The Hall–Kier alpha value is -2.97. The van der Waals surface area contributed by atoms with Crippen LogP contribution >= 0.6 is 0 Å². The largest absolute Gasteiger partial charge is 0.361 e. The molecule has 4 rings (SSSR count). The van der Waals surface area contributed by atoms with Crippen LogP contribution in [0.5, 0.6) is 0 Å². The van der Waals surface area contributed by atoms with Crippen molar-refractivity contribution < 1.29 is 17.7 Å². The molecule has 1 aromatic heterocycles. The van der Waals surface area contributed by atoms with Crippen LogP contribution in [-0.4, -0.2) is 36.9 Å². The number of nitrogens with zero attached hydrogens (tertiary/aromatic N) is 2. The first-order chi connectivity index (χ1) is 16.3. The molecule has 2 aromatic carbocycles. The summed E-state index contributed by atoms with van der Waals surface area (Å²) < 4.78 is 32.9. The van der Waals surface area contributed by atoms with E-state index in [0.29, 0.717) is 37.5 Å². The Morgan fingerprint density at radius 1 is 1.06 bits per heavy atom. The molecule has 8 heteroatoms. The fraction of sp³-hybridized carbons (Fsp3) is 0.385. The third kappa shape index (κ3) is 5.74. The van der Waals surface area contributed by atoms with E-state index in [-0.39, 0.29) is 10.8 Å². The van der Waals surface area contributed by atoms with Gasteiger partial charge in [0.15, 0.2) is 0 Å². The number of carbonyl (C=O) groups excluding carboxylic acids is 1. The minimum Gasteiger partial charge on any atom is -0.361 e. The highest BCUT2D eigenvalue weighted by molar-refractivity contribution is 7.89. The summed E-state index contributed by atoms with van der Waals surface area (Å²) in [7, 11) is -3.55. The van der Waals surface area contributed by atoms with E-state index >= 15 is 0 Å². The molecule has 0 spiro atoms. The second-order valence-corrected chi connectivity index (χ2v) is 10.9. The van der Waals surface area contributed by atoms with Gasteiger partial charge in [-0.25, -0.2) is 8.42 Å². The Kier molecular flexibility index (Phi) is 7.48. The number of piperidine rings is 1. The van der Waals surface area contributed by atoms with Crippen molar-refractivity contribution in [3.8, 4) is 0 Å². The quantitative estimate of drug-likeness (QED) is 0.511. The van der Waals surface area contributed by atoms with Gasteiger partial charge in [0.1, 0.15) is 5.76 Å². The number of aryl methyl sites for hydroxylation is 2. The normalized spacial score (nSPS) is 15.4. The molecule has 0 bridgehead atoms. The van der Waals surface area contributed by atoms with Crippen LogP contribution in [-0.2, 0) is 27.7 Å². The number of anilines is 1. The van der Waals surface area contributed by atoms with E-state index in [1.807, 2.05) is 32.0 Å². The second kappa shape index (κ2) is 10.5. The SMILES string of the molecule is Cc1noc(C)c1CCC(=O)Nc1ccc(S(=O)(=O)N2CCC(Cc3ccccc3)CC2)cc1. The van der Waals surface area contributed by atoms with Crippen molar-refractivity contribution in [3.05, 3.63) is 77.2 Å². The highest BCUT2D eigenvalue weighted by atomic mass is 32.2. The lowest BCUT2D eigenvalue weighted by molar-refractivity contribution is -0.116. The Bertz CT molecular complexity index is 1190. The standard InChI is InChI=1S/C26H31N3O4S/c1-19-25(20(2)33-28-19)12-13-26(30)27-23-8-10-24(11-9-23)34(31,32)29-16-14-22(15-17-29)18-21-6-4-3-5-7-21/h3-11,22H,12-18H2,1-2H3,(H,27,30). The van der Waals surface area contributed by atoms with Crippen molar-refractivity contribution in [2.75, 3.05) is 18.4 Å². The summed E-state index contributed by atoms with van der Waals surface area (Å²) in [5.74, 6) is 1.08. The number of sulfonamides is 1. The molecule has 180 valence electrons. The van der Waals surface area contributed by atoms with Gasteiger partial charge in [-0.3, -0.25) is 4.79 Å². The van der Waals surface area contributed by atoms with Crippen LogP contribution in [0.1, 0.15) is 41.8 Å². The van der Waals surface area contributed by atoms with Gasteiger partial charge in [0.2, 0.25) is 15.9 Å². The highest BCUT2D eigenvalue weighted by Gasteiger charge is 2.29. The van der Waals surface area contributed by atoms with Gasteiger partial charge in [-0.2, -0.15) is 4.31 Å². The summed E-state index contributed by atoms with van der Waals surface area (Å²) in [6, 6.07) is 16.8. The summed E-state index contributed by atoms with van der Waals surface area (Å²) in [6.07, 6.45) is 3.53. The number of hydrogen-bond acceptors (Lipinski definition) is 5. The second-order valence-electron chi connectivity index (χ2n) is 8.91. The summed E-state index contributed by atoms with van der Waals surface area (Å²) >= 11 is 0. The van der Waals surface area contributed by atoms with E-state index in [0.717, 1.165) is 36.3 Å². The molecule has 1 saturated heterocycles. The van der Waals surface area contributed by atoms with Crippen molar-refractivity contribution in [3.63, 3.8) is 0 Å². The molecular weight excluding hydrogens is 450 g/mol. The van der Waals surface area contributed by atoms with Crippen LogP contribution in [0.4, 0.5) is 5.69 Å². The topological polar surface area (TPSA) is 92.5 Å². The smallest absolute Gasteiger partial charge is 0.243 e. The van der Waals surface area contributed by atoms with E-state index < -0.39 is 10.0 Å². The summed E-state index contributed by atoms with van der Waals surface area (Å²) in [4.78, 5) is 12.6. The number of carbonyl (C=O) groups is 1. The lowest BCUT2D eigenvalue weighted by atomic mass is 9.91. The molecule has 7 nitrogen and oxygen atoms in total. The molecule has 0 unspecified atom stereocenters. The lowest BCUT2D eigenvalue weighted by Gasteiger charge is -2.31. The fourth-order valence-corrected chi connectivity index (χ4v) is 5.95. The Labute approximate surface area is 201 Å². The average Bonchev–Trinajstić information content (AvgIpc) is 3.16. The van der Waals surface area contributed by atoms with Crippen molar-refractivity contribution >= 4 is 21.6 Å². The van der Waals surface area contributed by atoms with Gasteiger partial charge >= 0.3 is 0 Å². The van der Waals surface area contributed by atoms with E-state index in [1.165, 1.54) is 5.56 Å². The van der Waals surface area contributed by atoms with Gasteiger partial charge in [0, 0.05) is 30.8 Å². The summed E-state index contributed by atoms with van der Waals surface area (Å²) in [5, 5.41) is 6.74. The van der Waals surface area contributed by atoms with Gasteiger partial charge in [0.25, 0.3) is 0 Å². The molecule has 1 amide bonds. The number of hydrogen-bond donors (Lipinski definition) is 1. The van der Waals surface area contributed by atoms with Crippen molar-refractivity contribution in [1.82, 2.24) is 9.46 Å². The predicted molar refractivity (Wildman–Crippen MR) is 131 cm³/mol. The Morgan fingerprint density at radius 3 is 2.35 bits per heavy atom. The zero-order chi connectivity index (χ0) is 24.1. The van der Waals surface area contributed by atoms with Gasteiger partial charge in [0.05, 0.1) is 10.6 Å². The number of nitrogens with one attached hydrogen (secondary N) is 1. The molecule has 34 heavy (non-hydrogen) atoms. The van der Waals surface area contributed by atoms with Crippen LogP contribution in [0.15, 0.2) is 64.0 Å². The van der Waals surface area contributed by atoms with E-state index in [1.54, 1.807) is 28.6 Å². The highest BCUT2D eigenvalue weighted by Crippen LogP contribution is 2.27. The van der Waals surface area contributed by atoms with Crippen LogP contribution in [0, 0.1) is 19.8 Å². The summed E-state index contributed by atoms with van der Waals surface area (Å²) in [6.45, 7) is 4.74.